The fraction of sp³-hybridized carbons (Fsp3) is 1.00. The van der Waals surface area contributed by atoms with E-state index in [4.69, 9.17) is 5.11 Å². The van der Waals surface area contributed by atoms with Gasteiger partial charge in [-0.1, -0.05) is 0 Å². The van der Waals surface area contributed by atoms with Gasteiger partial charge in [0.05, 0.1) is 11.9 Å². The van der Waals surface area contributed by atoms with Crippen LogP contribution in [0.1, 0.15) is 19.8 Å². The maximum absolute atomic E-state index is 11.6. The molecule has 1 atom stereocenters. The Labute approximate surface area is 97.9 Å². The van der Waals surface area contributed by atoms with Gasteiger partial charge in [-0.25, -0.2) is 13.1 Å². The van der Waals surface area contributed by atoms with Crippen molar-refractivity contribution < 1.29 is 13.5 Å². The van der Waals surface area contributed by atoms with Crippen LogP contribution in [0, 0.1) is 5.92 Å². The van der Waals surface area contributed by atoms with Crippen molar-refractivity contribution in [3.05, 3.63) is 0 Å². The number of likely N-dealkylation sites (tertiary alicyclic amines) is 1. The third kappa shape index (κ3) is 4.01. The van der Waals surface area contributed by atoms with E-state index in [1.165, 1.54) is 6.92 Å². The smallest absolute Gasteiger partial charge is 0.216 e. The standard InChI is InChI=1S/C10H22N2O3S/c1-9(8-13)16(14,15)11-7-10-3-5-12(2)6-4-10/h9-11,13H,3-8H2,1-2H3. The topological polar surface area (TPSA) is 69.6 Å². The van der Waals surface area contributed by atoms with Crippen LogP contribution >= 0.6 is 0 Å². The van der Waals surface area contributed by atoms with Crippen molar-refractivity contribution in [3.8, 4) is 0 Å². The molecule has 1 aliphatic heterocycles. The molecule has 6 heteroatoms. The van der Waals surface area contributed by atoms with E-state index in [0.717, 1.165) is 25.9 Å². The summed E-state index contributed by atoms with van der Waals surface area (Å²) >= 11 is 0. The van der Waals surface area contributed by atoms with Crippen LogP contribution in [0.4, 0.5) is 0 Å². The Hall–Kier alpha value is -0.170. The lowest BCUT2D eigenvalue weighted by molar-refractivity contribution is 0.220. The normalized spacial score (nSPS) is 22.2. The summed E-state index contributed by atoms with van der Waals surface area (Å²) in [5.74, 6) is 0.428. The van der Waals surface area contributed by atoms with Gasteiger partial charge >= 0.3 is 0 Å². The average molecular weight is 250 g/mol. The van der Waals surface area contributed by atoms with Crippen LogP contribution < -0.4 is 4.72 Å². The minimum Gasteiger partial charge on any atom is -0.395 e. The molecule has 0 aromatic carbocycles. The van der Waals surface area contributed by atoms with E-state index < -0.39 is 15.3 Å². The Balaban J connectivity index is 2.34. The molecular weight excluding hydrogens is 228 g/mol. The molecule has 1 fully saturated rings. The van der Waals surface area contributed by atoms with Gasteiger partial charge in [0.25, 0.3) is 0 Å². The summed E-state index contributed by atoms with van der Waals surface area (Å²) in [6, 6.07) is 0. The molecular formula is C10H22N2O3S. The zero-order valence-electron chi connectivity index (χ0n) is 10.0. The Morgan fingerprint density at radius 1 is 1.44 bits per heavy atom. The van der Waals surface area contributed by atoms with E-state index in [1.54, 1.807) is 0 Å². The summed E-state index contributed by atoms with van der Waals surface area (Å²) < 4.78 is 25.8. The third-order valence-electron chi connectivity index (χ3n) is 3.20. The van der Waals surface area contributed by atoms with Crippen molar-refractivity contribution in [2.45, 2.75) is 25.0 Å². The molecule has 0 amide bonds. The molecule has 96 valence electrons. The summed E-state index contributed by atoms with van der Waals surface area (Å²) in [5, 5.41) is 8.09. The molecule has 16 heavy (non-hydrogen) atoms. The molecule has 1 aliphatic rings. The second-order valence-electron chi connectivity index (χ2n) is 4.63. The molecule has 1 rings (SSSR count). The van der Waals surface area contributed by atoms with Crippen molar-refractivity contribution >= 4 is 10.0 Å². The van der Waals surface area contributed by atoms with E-state index in [-0.39, 0.29) is 6.61 Å². The molecule has 0 aromatic heterocycles. The maximum Gasteiger partial charge on any atom is 0.216 e. The first-order valence-corrected chi connectivity index (χ1v) is 7.28. The van der Waals surface area contributed by atoms with Crippen LogP contribution in [0.3, 0.4) is 0 Å². The molecule has 2 N–H and O–H groups in total. The number of sulfonamides is 1. The van der Waals surface area contributed by atoms with Crippen molar-refractivity contribution in [1.29, 1.82) is 0 Å². The zero-order chi connectivity index (χ0) is 12.2. The first-order valence-electron chi connectivity index (χ1n) is 5.73. The number of aliphatic hydroxyl groups excluding tert-OH is 1. The van der Waals surface area contributed by atoms with Gasteiger partial charge in [-0.2, -0.15) is 0 Å². The highest BCUT2D eigenvalue weighted by Gasteiger charge is 2.22. The van der Waals surface area contributed by atoms with Gasteiger partial charge in [-0.05, 0) is 45.8 Å². The monoisotopic (exact) mass is 250 g/mol. The second-order valence-corrected chi connectivity index (χ2v) is 6.82. The van der Waals surface area contributed by atoms with Crippen molar-refractivity contribution in [2.24, 2.45) is 5.92 Å². The summed E-state index contributed by atoms with van der Waals surface area (Å²) in [5.41, 5.74) is 0. The van der Waals surface area contributed by atoms with Crippen LogP contribution in [0.25, 0.3) is 0 Å². The van der Waals surface area contributed by atoms with Gasteiger partial charge in [-0.3, -0.25) is 0 Å². The number of nitrogens with one attached hydrogen (secondary N) is 1. The Morgan fingerprint density at radius 3 is 2.50 bits per heavy atom. The van der Waals surface area contributed by atoms with E-state index in [2.05, 4.69) is 16.7 Å². The SMILES string of the molecule is CC(CO)S(=O)(=O)NCC1CCN(C)CC1. The van der Waals surface area contributed by atoms with Crippen LogP contribution in [-0.2, 0) is 10.0 Å². The minimum atomic E-state index is -3.34. The molecule has 1 saturated heterocycles. The first kappa shape index (κ1) is 13.9. The quantitative estimate of drug-likeness (QED) is 0.698. The zero-order valence-corrected chi connectivity index (χ0v) is 10.8. The summed E-state index contributed by atoms with van der Waals surface area (Å²) in [4.78, 5) is 2.25. The highest BCUT2D eigenvalue weighted by molar-refractivity contribution is 7.90. The van der Waals surface area contributed by atoms with Crippen LogP contribution in [-0.4, -0.2) is 57.0 Å². The average Bonchev–Trinajstić information content (AvgIpc) is 2.27. The summed E-state index contributed by atoms with van der Waals surface area (Å²) in [6.45, 7) is 3.74. The lowest BCUT2D eigenvalue weighted by Gasteiger charge is -2.29. The molecule has 0 saturated carbocycles. The predicted octanol–water partition coefficient (Wildman–Crippen LogP) is -0.372. The number of hydrogen-bond donors (Lipinski definition) is 2. The second kappa shape index (κ2) is 5.95. The molecule has 0 bridgehead atoms. The number of rotatable bonds is 5. The van der Waals surface area contributed by atoms with E-state index in [9.17, 15) is 8.42 Å². The Morgan fingerprint density at radius 2 is 2.00 bits per heavy atom. The van der Waals surface area contributed by atoms with Crippen LogP contribution in [0.15, 0.2) is 0 Å². The molecule has 1 heterocycles. The highest BCUT2D eigenvalue weighted by atomic mass is 32.2. The highest BCUT2D eigenvalue weighted by Crippen LogP contribution is 2.15. The van der Waals surface area contributed by atoms with Gasteiger partial charge in [0, 0.05) is 6.54 Å². The summed E-state index contributed by atoms with van der Waals surface area (Å²) in [6.07, 6.45) is 2.07. The molecule has 5 nitrogen and oxygen atoms in total. The predicted molar refractivity (Wildman–Crippen MR) is 63.7 cm³/mol. The van der Waals surface area contributed by atoms with Crippen molar-refractivity contribution in [2.75, 3.05) is 33.3 Å². The maximum atomic E-state index is 11.6. The molecule has 0 aromatic rings. The van der Waals surface area contributed by atoms with E-state index in [1.807, 2.05) is 0 Å². The lowest BCUT2D eigenvalue weighted by Crippen LogP contribution is -2.40. The van der Waals surface area contributed by atoms with Crippen molar-refractivity contribution in [1.82, 2.24) is 9.62 Å². The number of piperidine rings is 1. The van der Waals surface area contributed by atoms with Crippen LogP contribution in [0.2, 0.25) is 0 Å². The van der Waals surface area contributed by atoms with Gasteiger partial charge in [-0.15, -0.1) is 0 Å². The lowest BCUT2D eigenvalue weighted by atomic mass is 9.98. The molecule has 0 aliphatic carbocycles. The molecule has 0 spiro atoms. The van der Waals surface area contributed by atoms with Gasteiger partial charge in [0.15, 0.2) is 0 Å². The summed E-state index contributed by atoms with van der Waals surface area (Å²) in [7, 11) is -1.26. The molecule has 1 unspecified atom stereocenters. The Kier molecular flexibility index (Phi) is 5.17. The first-order chi connectivity index (χ1) is 7.45. The van der Waals surface area contributed by atoms with Gasteiger partial charge < -0.3 is 10.0 Å². The van der Waals surface area contributed by atoms with Gasteiger partial charge in [0.1, 0.15) is 0 Å². The minimum absolute atomic E-state index is 0.331. The van der Waals surface area contributed by atoms with E-state index in [0.29, 0.717) is 12.5 Å². The van der Waals surface area contributed by atoms with Crippen molar-refractivity contribution in [3.63, 3.8) is 0 Å². The van der Waals surface area contributed by atoms with Crippen LogP contribution in [0.5, 0.6) is 0 Å². The number of nitrogens with zero attached hydrogens (tertiary/aromatic N) is 1. The third-order valence-corrected chi connectivity index (χ3v) is 4.98. The van der Waals surface area contributed by atoms with E-state index >= 15 is 0 Å². The number of aliphatic hydroxyl groups is 1. The molecule has 0 radical (unpaired) electrons. The fourth-order valence-electron chi connectivity index (χ4n) is 1.74. The fourth-order valence-corrected chi connectivity index (χ4v) is 2.69. The largest absolute Gasteiger partial charge is 0.395 e. The number of hydrogen-bond acceptors (Lipinski definition) is 4. The van der Waals surface area contributed by atoms with Gasteiger partial charge in [0.2, 0.25) is 10.0 Å². The Bertz CT molecular complexity index is 297.